The zero-order valence-electron chi connectivity index (χ0n) is 15.8. The normalized spacial score (nSPS) is 9.93. The molecule has 0 aliphatic rings. The maximum absolute atomic E-state index is 12.2. The third-order valence-corrected chi connectivity index (χ3v) is 3.90. The Hall–Kier alpha value is -4.12. The van der Waals surface area contributed by atoms with E-state index in [1.54, 1.807) is 55.6 Å². The zero-order chi connectivity index (χ0) is 20.5. The molecule has 2 N–H and O–H groups in total. The summed E-state index contributed by atoms with van der Waals surface area (Å²) in [6.07, 6.45) is 2.89. The molecule has 0 atom stereocenters. The van der Waals surface area contributed by atoms with Gasteiger partial charge in [0, 0.05) is 18.1 Å². The van der Waals surface area contributed by atoms with E-state index in [1.165, 1.54) is 12.4 Å². The predicted molar refractivity (Wildman–Crippen MR) is 107 cm³/mol. The van der Waals surface area contributed by atoms with Crippen LogP contribution in [0.2, 0.25) is 0 Å². The number of nitriles is 1. The van der Waals surface area contributed by atoms with Gasteiger partial charge >= 0.3 is 0 Å². The van der Waals surface area contributed by atoms with E-state index in [-0.39, 0.29) is 5.91 Å². The van der Waals surface area contributed by atoms with E-state index in [9.17, 15) is 4.79 Å². The molecule has 0 aliphatic heterocycles. The van der Waals surface area contributed by atoms with Crippen molar-refractivity contribution < 1.29 is 14.3 Å². The summed E-state index contributed by atoms with van der Waals surface area (Å²) < 4.78 is 10.6. The van der Waals surface area contributed by atoms with Crippen molar-refractivity contribution in [3.8, 4) is 17.6 Å². The summed E-state index contributed by atoms with van der Waals surface area (Å²) in [7, 11) is 1.60. The maximum atomic E-state index is 12.2. The predicted octanol–water partition coefficient (Wildman–Crippen LogP) is 2.91. The van der Waals surface area contributed by atoms with E-state index in [1.807, 2.05) is 0 Å². The molecule has 29 heavy (non-hydrogen) atoms. The van der Waals surface area contributed by atoms with E-state index < -0.39 is 0 Å². The minimum atomic E-state index is -0.284. The number of anilines is 2. The first-order valence-corrected chi connectivity index (χ1v) is 8.82. The molecule has 3 rings (SSSR count). The van der Waals surface area contributed by atoms with Gasteiger partial charge in [-0.15, -0.1) is 0 Å². The van der Waals surface area contributed by atoms with Gasteiger partial charge < -0.3 is 20.1 Å². The van der Waals surface area contributed by atoms with Crippen LogP contribution in [-0.2, 0) is 0 Å². The van der Waals surface area contributed by atoms with Crippen LogP contribution >= 0.6 is 0 Å². The fraction of sp³-hybridized carbons (Fsp3) is 0.143. The van der Waals surface area contributed by atoms with Crippen molar-refractivity contribution in [3.63, 3.8) is 0 Å². The van der Waals surface area contributed by atoms with Gasteiger partial charge in [-0.05, 0) is 48.5 Å². The van der Waals surface area contributed by atoms with Gasteiger partial charge in [-0.2, -0.15) is 5.26 Å². The van der Waals surface area contributed by atoms with Crippen molar-refractivity contribution in [2.45, 2.75) is 0 Å². The number of hydrogen-bond donors (Lipinski definition) is 2. The number of nitrogens with one attached hydrogen (secondary N) is 2. The summed E-state index contributed by atoms with van der Waals surface area (Å²) in [5.41, 5.74) is 1.66. The second kappa shape index (κ2) is 9.71. The Morgan fingerprint density at radius 3 is 2.31 bits per heavy atom. The van der Waals surface area contributed by atoms with Gasteiger partial charge in [-0.3, -0.25) is 4.79 Å². The molecule has 0 spiro atoms. The highest BCUT2D eigenvalue weighted by atomic mass is 16.5. The lowest BCUT2D eigenvalue weighted by atomic mass is 10.2. The third-order valence-electron chi connectivity index (χ3n) is 3.90. The van der Waals surface area contributed by atoms with Crippen LogP contribution < -0.4 is 20.1 Å². The number of methoxy groups -OCH3 is 1. The van der Waals surface area contributed by atoms with E-state index >= 15 is 0 Å². The van der Waals surface area contributed by atoms with Gasteiger partial charge in [0.25, 0.3) is 5.91 Å². The van der Waals surface area contributed by atoms with Crippen LogP contribution in [0, 0.1) is 11.3 Å². The molecular weight excluding hydrogens is 370 g/mol. The largest absolute Gasteiger partial charge is 0.497 e. The topological polar surface area (TPSA) is 109 Å². The van der Waals surface area contributed by atoms with Gasteiger partial charge in [-0.25, -0.2) is 9.97 Å². The first kappa shape index (κ1) is 19.6. The number of amides is 1. The Morgan fingerprint density at radius 2 is 1.69 bits per heavy atom. The average Bonchev–Trinajstić information content (AvgIpc) is 2.78. The summed E-state index contributed by atoms with van der Waals surface area (Å²) >= 11 is 0. The molecule has 146 valence electrons. The van der Waals surface area contributed by atoms with E-state index in [0.717, 1.165) is 11.4 Å². The molecule has 8 nitrogen and oxygen atoms in total. The summed E-state index contributed by atoms with van der Waals surface area (Å²) in [5, 5.41) is 14.6. The molecule has 0 saturated heterocycles. The molecule has 0 unspecified atom stereocenters. The van der Waals surface area contributed by atoms with Gasteiger partial charge in [0.2, 0.25) is 5.95 Å². The van der Waals surface area contributed by atoms with Gasteiger partial charge in [0.1, 0.15) is 18.1 Å². The minimum absolute atomic E-state index is 0.284. The van der Waals surface area contributed by atoms with Crippen LogP contribution in [0.25, 0.3) is 0 Å². The first-order chi connectivity index (χ1) is 14.2. The number of carbonyl (C=O) groups excluding carboxylic acids is 1. The minimum Gasteiger partial charge on any atom is -0.497 e. The number of carbonyl (C=O) groups is 1. The Kier molecular flexibility index (Phi) is 6.58. The molecule has 0 aliphatic carbocycles. The summed E-state index contributed by atoms with van der Waals surface area (Å²) in [6, 6.07) is 16.2. The standard InChI is InChI=1S/C21H19N5O3/c1-28-18-6-8-19(9-7-18)29-11-10-23-20(27)16-13-24-21(25-14-16)26-17-4-2-15(12-22)3-5-17/h2-9,13-14H,10-11H2,1H3,(H,23,27)(H,24,25,26). The highest BCUT2D eigenvalue weighted by molar-refractivity contribution is 5.93. The Bertz CT molecular complexity index is 981. The highest BCUT2D eigenvalue weighted by Gasteiger charge is 2.07. The van der Waals surface area contributed by atoms with Crippen LogP contribution in [0.4, 0.5) is 11.6 Å². The van der Waals surface area contributed by atoms with Crippen molar-refractivity contribution >= 4 is 17.5 Å². The Balaban J connectivity index is 1.45. The van der Waals surface area contributed by atoms with Crippen LogP contribution in [0.1, 0.15) is 15.9 Å². The molecule has 3 aromatic rings. The average molecular weight is 389 g/mol. The van der Waals surface area contributed by atoms with Gasteiger partial charge in [0.15, 0.2) is 0 Å². The van der Waals surface area contributed by atoms with Crippen LogP contribution in [0.3, 0.4) is 0 Å². The molecule has 1 heterocycles. The quantitative estimate of drug-likeness (QED) is 0.570. The number of ether oxygens (including phenoxy) is 2. The van der Waals surface area contributed by atoms with Crippen molar-refractivity contribution in [1.82, 2.24) is 15.3 Å². The fourth-order valence-electron chi connectivity index (χ4n) is 2.37. The lowest BCUT2D eigenvalue weighted by molar-refractivity contribution is 0.0946. The number of rotatable bonds is 8. The number of aromatic nitrogens is 2. The van der Waals surface area contributed by atoms with Crippen LogP contribution in [-0.4, -0.2) is 36.1 Å². The Labute approximate surface area is 168 Å². The first-order valence-electron chi connectivity index (χ1n) is 8.82. The number of benzene rings is 2. The zero-order valence-corrected chi connectivity index (χ0v) is 15.8. The molecule has 2 aromatic carbocycles. The summed E-state index contributed by atoms with van der Waals surface area (Å²) in [4.78, 5) is 20.4. The van der Waals surface area contributed by atoms with E-state index in [4.69, 9.17) is 14.7 Å². The summed E-state index contributed by atoms with van der Waals surface area (Å²) in [6.45, 7) is 0.674. The molecule has 0 fully saturated rings. The fourth-order valence-corrected chi connectivity index (χ4v) is 2.37. The summed E-state index contributed by atoms with van der Waals surface area (Å²) in [5.74, 6) is 1.52. The highest BCUT2D eigenvalue weighted by Crippen LogP contribution is 2.16. The molecule has 0 saturated carbocycles. The molecule has 1 aromatic heterocycles. The maximum Gasteiger partial charge on any atom is 0.254 e. The van der Waals surface area contributed by atoms with Crippen molar-refractivity contribution in [2.75, 3.05) is 25.6 Å². The number of hydrogen-bond acceptors (Lipinski definition) is 7. The lowest BCUT2D eigenvalue weighted by Gasteiger charge is -2.09. The smallest absolute Gasteiger partial charge is 0.254 e. The molecular formula is C21H19N5O3. The molecule has 8 heteroatoms. The SMILES string of the molecule is COc1ccc(OCCNC(=O)c2cnc(Nc3ccc(C#N)cc3)nc2)cc1. The van der Waals surface area contributed by atoms with Crippen LogP contribution in [0.15, 0.2) is 60.9 Å². The second-order valence-electron chi connectivity index (χ2n) is 5.89. The van der Waals surface area contributed by atoms with Crippen molar-refractivity contribution in [2.24, 2.45) is 0 Å². The third kappa shape index (κ3) is 5.68. The van der Waals surface area contributed by atoms with E-state index in [0.29, 0.717) is 36.0 Å². The van der Waals surface area contributed by atoms with Crippen molar-refractivity contribution in [3.05, 3.63) is 72.1 Å². The number of nitrogens with zero attached hydrogens (tertiary/aromatic N) is 3. The van der Waals surface area contributed by atoms with Gasteiger partial charge in [0.05, 0.1) is 30.9 Å². The lowest BCUT2D eigenvalue weighted by Crippen LogP contribution is -2.28. The van der Waals surface area contributed by atoms with Gasteiger partial charge in [-0.1, -0.05) is 0 Å². The Morgan fingerprint density at radius 1 is 1.03 bits per heavy atom. The second-order valence-corrected chi connectivity index (χ2v) is 5.89. The van der Waals surface area contributed by atoms with E-state index in [2.05, 4.69) is 26.7 Å². The molecule has 0 radical (unpaired) electrons. The van der Waals surface area contributed by atoms with Crippen molar-refractivity contribution in [1.29, 1.82) is 5.26 Å². The van der Waals surface area contributed by atoms with Crippen LogP contribution in [0.5, 0.6) is 11.5 Å². The monoisotopic (exact) mass is 389 g/mol. The molecule has 0 bridgehead atoms. The molecule has 1 amide bonds.